The first-order valence-electron chi connectivity index (χ1n) is 7.04. The molecule has 1 N–H and O–H groups in total. The monoisotopic (exact) mass is 248 g/mol. The summed E-state index contributed by atoms with van der Waals surface area (Å²) in [5, 5.41) is 3.42. The van der Waals surface area contributed by atoms with E-state index in [0.29, 0.717) is 18.1 Å². The molecule has 1 aromatic carbocycles. The Kier molecular flexibility index (Phi) is 6.37. The fraction of sp³-hybridized carbons (Fsp3) is 0.625. The zero-order chi connectivity index (χ0) is 13.5. The van der Waals surface area contributed by atoms with Crippen molar-refractivity contribution in [3.63, 3.8) is 0 Å². The van der Waals surface area contributed by atoms with Crippen LogP contribution in [0.5, 0.6) is 0 Å². The van der Waals surface area contributed by atoms with Crippen LogP contribution in [0.2, 0.25) is 0 Å². The van der Waals surface area contributed by atoms with Crippen LogP contribution in [-0.4, -0.2) is 30.6 Å². The Morgan fingerprint density at radius 2 is 1.56 bits per heavy atom. The molecule has 0 saturated carbocycles. The molecular weight excluding hydrogens is 220 g/mol. The number of hydrogen-bond acceptors (Lipinski definition) is 2. The molecule has 1 rings (SSSR count). The van der Waals surface area contributed by atoms with Crippen molar-refractivity contribution >= 4 is 0 Å². The van der Waals surface area contributed by atoms with Crippen LogP contribution in [0.25, 0.3) is 0 Å². The van der Waals surface area contributed by atoms with E-state index in [9.17, 15) is 0 Å². The van der Waals surface area contributed by atoms with Gasteiger partial charge in [-0.15, -0.1) is 0 Å². The molecule has 2 nitrogen and oxygen atoms in total. The van der Waals surface area contributed by atoms with Crippen molar-refractivity contribution in [1.82, 2.24) is 10.2 Å². The smallest absolute Gasteiger partial charge is 0.0329 e. The normalized spacial score (nSPS) is 13.6. The Morgan fingerprint density at radius 1 is 1.00 bits per heavy atom. The van der Waals surface area contributed by atoms with Crippen LogP contribution in [0, 0.1) is 0 Å². The standard InChI is InChI=1S/C16H28N2/c1-13(2)18(14(3)4)12-11-16(17-5)15-9-7-6-8-10-15/h6-10,13-14,16-17H,11-12H2,1-5H3. The average Bonchev–Trinajstić information content (AvgIpc) is 2.34. The van der Waals surface area contributed by atoms with Crippen LogP contribution < -0.4 is 5.32 Å². The van der Waals surface area contributed by atoms with Gasteiger partial charge in [0.25, 0.3) is 0 Å². The van der Waals surface area contributed by atoms with Gasteiger partial charge < -0.3 is 5.32 Å². The van der Waals surface area contributed by atoms with Crippen molar-refractivity contribution in [2.24, 2.45) is 0 Å². The molecule has 1 unspecified atom stereocenters. The largest absolute Gasteiger partial charge is 0.313 e. The second-order valence-electron chi connectivity index (χ2n) is 5.47. The molecule has 0 amide bonds. The molecular formula is C16H28N2. The van der Waals surface area contributed by atoms with Crippen molar-refractivity contribution in [3.05, 3.63) is 35.9 Å². The minimum atomic E-state index is 0.450. The van der Waals surface area contributed by atoms with Gasteiger partial charge in [0.15, 0.2) is 0 Å². The Bertz CT molecular complexity index is 311. The summed E-state index contributed by atoms with van der Waals surface area (Å²) in [6, 6.07) is 12.4. The molecule has 1 aromatic rings. The number of nitrogens with zero attached hydrogens (tertiary/aromatic N) is 1. The van der Waals surface area contributed by atoms with E-state index in [2.05, 4.69) is 68.2 Å². The average molecular weight is 248 g/mol. The van der Waals surface area contributed by atoms with E-state index in [0.717, 1.165) is 13.0 Å². The van der Waals surface area contributed by atoms with Gasteiger partial charge in [-0.05, 0) is 46.7 Å². The van der Waals surface area contributed by atoms with Gasteiger partial charge in [0, 0.05) is 24.7 Å². The highest BCUT2D eigenvalue weighted by Gasteiger charge is 2.16. The summed E-state index contributed by atoms with van der Waals surface area (Å²) in [7, 11) is 2.05. The molecule has 0 aliphatic heterocycles. The lowest BCUT2D eigenvalue weighted by atomic mass is 10.0. The van der Waals surface area contributed by atoms with Crippen LogP contribution in [0.3, 0.4) is 0 Å². The second kappa shape index (κ2) is 7.55. The van der Waals surface area contributed by atoms with Crippen LogP contribution in [-0.2, 0) is 0 Å². The van der Waals surface area contributed by atoms with E-state index in [4.69, 9.17) is 0 Å². The van der Waals surface area contributed by atoms with Crippen molar-refractivity contribution < 1.29 is 0 Å². The summed E-state index contributed by atoms with van der Waals surface area (Å²) in [5.41, 5.74) is 1.38. The maximum absolute atomic E-state index is 3.42. The first-order valence-corrected chi connectivity index (χ1v) is 7.04. The van der Waals surface area contributed by atoms with E-state index >= 15 is 0 Å². The number of rotatable bonds is 7. The van der Waals surface area contributed by atoms with Gasteiger partial charge in [-0.25, -0.2) is 0 Å². The third kappa shape index (κ3) is 4.43. The topological polar surface area (TPSA) is 15.3 Å². The molecule has 0 aliphatic rings. The van der Waals surface area contributed by atoms with Gasteiger partial charge in [0.1, 0.15) is 0 Å². The van der Waals surface area contributed by atoms with Gasteiger partial charge >= 0.3 is 0 Å². The third-order valence-electron chi connectivity index (χ3n) is 3.55. The fourth-order valence-electron chi connectivity index (χ4n) is 2.55. The van der Waals surface area contributed by atoms with Gasteiger partial charge in [-0.2, -0.15) is 0 Å². The van der Waals surface area contributed by atoms with Crippen molar-refractivity contribution in [1.29, 1.82) is 0 Å². The molecule has 0 spiro atoms. The van der Waals surface area contributed by atoms with Crippen LogP contribution >= 0.6 is 0 Å². The first-order chi connectivity index (χ1) is 8.56. The molecule has 1 atom stereocenters. The van der Waals surface area contributed by atoms with Gasteiger partial charge in [-0.1, -0.05) is 30.3 Å². The lowest BCUT2D eigenvalue weighted by Crippen LogP contribution is -2.39. The quantitative estimate of drug-likeness (QED) is 0.795. The highest BCUT2D eigenvalue weighted by Crippen LogP contribution is 2.18. The van der Waals surface area contributed by atoms with Crippen LogP contribution in [0.4, 0.5) is 0 Å². The van der Waals surface area contributed by atoms with E-state index in [1.807, 2.05) is 7.05 Å². The minimum absolute atomic E-state index is 0.450. The predicted molar refractivity (Wildman–Crippen MR) is 79.8 cm³/mol. The Hall–Kier alpha value is -0.860. The summed E-state index contributed by atoms with van der Waals surface area (Å²) in [4.78, 5) is 2.55. The van der Waals surface area contributed by atoms with Crippen LogP contribution in [0.15, 0.2) is 30.3 Å². The van der Waals surface area contributed by atoms with E-state index in [1.165, 1.54) is 5.56 Å². The van der Waals surface area contributed by atoms with Crippen LogP contribution in [0.1, 0.15) is 45.7 Å². The Labute approximate surface area is 112 Å². The van der Waals surface area contributed by atoms with Gasteiger partial charge in [-0.3, -0.25) is 4.90 Å². The minimum Gasteiger partial charge on any atom is -0.313 e. The summed E-state index contributed by atoms with van der Waals surface area (Å²) < 4.78 is 0. The number of hydrogen-bond donors (Lipinski definition) is 1. The van der Waals surface area contributed by atoms with E-state index in [-0.39, 0.29) is 0 Å². The highest BCUT2D eigenvalue weighted by molar-refractivity contribution is 5.18. The maximum atomic E-state index is 3.42. The van der Waals surface area contributed by atoms with Gasteiger partial charge in [0.2, 0.25) is 0 Å². The lowest BCUT2D eigenvalue weighted by Gasteiger charge is -2.32. The lowest BCUT2D eigenvalue weighted by molar-refractivity contribution is 0.166. The number of benzene rings is 1. The predicted octanol–water partition coefficient (Wildman–Crippen LogP) is 3.46. The van der Waals surface area contributed by atoms with Crippen molar-refractivity contribution in [3.8, 4) is 0 Å². The Balaban J connectivity index is 2.59. The number of nitrogens with one attached hydrogen (secondary N) is 1. The molecule has 18 heavy (non-hydrogen) atoms. The second-order valence-corrected chi connectivity index (χ2v) is 5.47. The molecule has 0 aromatic heterocycles. The summed E-state index contributed by atoms with van der Waals surface area (Å²) in [6.45, 7) is 10.2. The fourth-order valence-corrected chi connectivity index (χ4v) is 2.55. The van der Waals surface area contributed by atoms with Gasteiger partial charge in [0.05, 0.1) is 0 Å². The highest BCUT2D eigenvalue weighted by atomic mass is 15.2. The zero-order valence-corrected chi connectivity index (χ0v) is 12.5. The zero-order valence-electron chi connectivity index (χ0n) is 12.5. The molecule has 0 saturated heterocycles. The summed E-state index contributed by atoms with van der Waals surface area (Å²) in [6.07, 6.45) is 1.15. The molecule has 102 valence electrons. The molecule has 0 aliphatic carbocycles. The summed E-state index contributed by atoms with van der Waals surface area (Å²) >= 11 is 0. The third-order valence-corrected chi connectivity index (χ3v) is 3.55. The summed E-state index contributed by atoms with van der Waals surface area (Å²) in [5.74, 6) is 0. The van der Waals surface area contributed by atoms with E-state index in [1.54, 1.807) is 0 Å². The molecule has 2 heteroatoms. The van der Waals surface area contributed by atoms with Crippen molar-refractivity contribution in [2.75, 3.05) is 13.6 Å². The Morgan fingerprint density at radius 3 is 2.00 bits per heavy atom. The first kappa shape index (κ1) is 15.2. The molecule has 0 radical (unpaired) electrons. The van der Waals surface area contributed by atoms with Crippen molar-refractivity contribution in [2.45, 2.75) is 52.2 Å². The maximum Gasteiger partial charge on any atom is 0.0329 e. The SMILES string of the molecule is CNC(CCN(C(C)C)C(C)C)c1ccccc1. The molecule has 0 bridgehead atoms. The van der Waals surface area contributed by atoms with E-state index < -0.39 is 0 Å². The molecule has 0 fully saturated rings. The molecule has 0 heterocycles.